The number of hydrogen-bond acceptors (Lipinski definition) is 7. The van der Waals surface area contributed by atoms with E-state index in [2.05, 4.69) is 15.5 Å². The molecule has 0 aliphatic carbocycles. The lowest BCUT2D eigenvalue weighted by atomic mass is 10.0. The molecule has 11 heteroatoms. The number of fused-ring (bicyclic) bond motifs is 1. The molecule has 4 unspecified atom stereocenters. The predicted molar refractivity (Wildman–Crippen MR) is 153 cm³/mol. The molecule has 4 saturated heterocycles. The third-order valence-electron chi connectivity index (χ3n) is 8.85. The summed E-state index contributed by atoms with van der Waals surface area (Å²) in [7, 11) is 0. The number of rotatable bonds is 7. The zero-order valence-corrected chi connectivity index (χ0v) is 24.3. The highest BCUT2D eigenvalue weighted by atomic mass is 16.2. The Morgan fingerprint density at radius 2 is 1.66 bits per heavy atom. The van der Waals surface area contributed by atoms with Crippen molar-refractivity contribution in [3.63, 3.8) is 0 Å². The van der Waals surface area contributed by atoms with Crippen molar-refractivity contribution >= 4 is 35.1 Å². The van der Waals surface area contributed by atoms with Gasteiger partial charge >= 0.3 is 0 Å². The van der Waals surface area contributed by atoms with Crippen LogP contribution in [0.5, 0.6) is 0 Å². The summed E-state index contributed by atoms with van der Waals surface area (Å²) in [6, 6.07) is 4.99. The molecule has 0 aromatic heterocycles. The van der Waals surface area contributed by atoms with E-state index in [-0.39, 0.29) is 41.9 Å². The highest BCUT2D eigenvalue weighted by Crippen LogP contribution is 2.33. The molecule has 0 bridgehead atoms. The SMILES string of the molecule is CC(=O)N1CCCC1C(=O)N1CC(=O)C2C1CCN2C(=O)C(CC(C)C)NC(=O)c1ccc(N2CCNCC2)cc1. The average Bonchev–Trinajstić information content (AvgIpc) is 3.70. The van der Waals surface area contributed by atoms with Gasteiger partial charge in [0.15, 0.2) is 5.78 Å². The van der Waals surface area contributed by atoms with Crippen molar-refractivity contribution in [2.45, 2.75) is 70.6 Å². The largest absolute Gasteiger partial charge is 0.369 e. The van der Waals surface area contributed by atoms with Gasteiger partial charge in [0.2, 0.25) is 17.7 Å². The number of nitrogens with zero attached hydrogens (tertiary/aromatic N) is 4. The van der Waals surface area contributed by atoms with Gasteiger partial charge in [0.25, 0.3) is 5.91 Å². The zero-order valence-electron chi connectivity index (χ0n) is 24.3. The number of nitrogens with one attached hydrogen (secondary N) is 2. The molecule has 4 aliphatic heterocycles. The third-order valence-corrected chi connectivity index (χ3v) is 8.85. The first-order valence-electron chi connectivity index (χ1n) is 14.9. The maximum atomic E-state index is 13.9. The van der Waals surface area contributed by atoms with Crippen LogP contribution in [-0.4, -0.2) is 114 Å². The minimum absolute atomic E-state index is 0.0547. The molecule has 4 heterocycles. The number of benzene rings is 1. The summed E-state index contributed by atoms with van der Waals surface area (Å²) in [6.45, 7) is 9.94. The monoisotopic (exact) mass is 566 g/mol. The van der Waals surface area contributed by atoms with Crippen LogP contribution >= 0.6 is 0 Å². The van der Waals surface area contributed by atoms with Crippen molar-refractivity contribution in [1.29, 1.82) is 0 Å². The fourth-order valence-corrected chi connectivity index (χ4v) is 6.83. The first-order valence-corrected chi connectivity index (χ1v) is 14.9. The van der Waals surface area contributed by atoms with Crippen LogP contribution < -0.4 is 15.5 Å². The van der Waals surface area contributed by atoms with E-state index in [0.717, 1.165) is 38.3 Å². The Hall–Kier alpha value is -3.47. The predicted octanol–water partition coefficient (Wildman–Crippen LogP) is 0.632. The number of amides is 4. The molecular formula is C30H42N6O5. The number of carbonyl (C=O) groups excluding carboxylic acids is 5. The van der Waals surface area contributed by atoms with Gasteiger partial charge in [0, 0.05) is 57.4 Å². The van der Waals surface area contributed by atoms with Crippen molar-refractivity contribution in [3.05, 3.63) is 29.8 Å². The molecule has 0 saturated carbocycles. The van der Waals surface area contributed by atoms with Crippen molar-refractivity contribution in [3.8, 4) is 0 Å². The standard InChI is InChI=1S/C30H42N6O5/c1-19(2)17-23(32-28(39)21-6-8-22(9-7-21)33-15-11-31-12-16-33)29(40)35-14-10-24-27(35)26(38)18-36(24)30(41)25-5-4-13-34(25)20(3)37/h6-9,19,23-25,27,31H,4-5,10-18H2,1-3H3,(H,32,39). The summed E-state index contributed by atoms with van der Waals surface area (Å²) in [5, 5.41) is 6.27. The maximum Gasteiger partial charge on any atom is 0.251 e. The minimum Gasteiger partial charge on any atom is -0.369 e. The average molecular weight is 567 g/mol. The van der Waals surface area contributed by atoms with Crippen molar-refractivity contribution in [2.24, 2.45) is 5.92 Å². The van der Waals surface area contributed by atoms with Gasteiger partial charge in [-0.1, -0.05) is 13.8 Å². The molecule has 0 radical (unpaired) electrons. The lowest BCUT2D eigenvalue weighted by molar-refractivity contribution is -0.143. The Morgan fingerprint density at radius 1 is 0.951 bits per heavy atom. The van der Waals surface area contributed by atoms with E-state index in [1.54, 1.807) is 26.8 Å². The van der Waals surface area contributed by atoms with Gasteiger partial charge in [-0.15, -0.1) is 0 Å². The molecule has 1 aromatic carbocycles. The molecule has 11 nitrogen and oxygen atoms in total. The number of piperazine rings is 1. The summed E-state index contributed by atoms with van der Waals surface area (Å²) in [4.78, 5) is 72.8. The molecule has 4 atom stereocenters. The minimum atomic E-state index is -0.783. The van der Waals surface area contributed by atoms with Crippen molar-refractivity contribution < 1.29 is 24.0 Å². The summed E-state index contributed by atoms with van der Waals surface area (Å²) >= 11 is 0. The van der Waals surface area contributed by atoms with Crippen LogP contribution in [0.2, 0.25) is 0 Å². The van der Waals surface area contributed by atoms with E-state index in [1.807, 2.05) is 26.0 Å². The molecule has 41 heavy (non-hydrogen) atoms. The van der Waals surface area contributed by atoms with E-state index in [1.165, 1.54) is 6.92 Å². The summed E-state index contributed by atoms with van der Waals surface area (Å²) < 4.78 is 0. The second kappa shape index (κ2) is 12.2. The van der Waals surface area contributed by atoms with Crippen molar-refractivity contribution in [2.75, 3.05) is 50.7 Å². The number of Topliss-reactive ketones (excluding diaryl/α,β-unsaturated/α-hetero) is 1. The number of carbonyl (C=O) groups is 5. The first-order chi connectivity index (χ1) is 19.7. The number of hydrogen-bond donors (Lipinski definition) is 2. The Bertz CT molecular complexity index is 1180. The van der Waals surface area contributed by atoms with E-state index in [0.29, 0.717) is 37.9 Å². The molecule has 2 N–H and O–H groups in total. The lowest BCUT2D eigenvalue weighted by Gasteiger charge is -2.31. The smallest absolute Gasteiger partial charge is 0.251 e. The maximum absolute atomic E-state index is 13.9. The van der Waals surface area contributed by atoms with E-state index in [9.17, 15) is 24.0 Å². The van der Waals surface area contributed by atoms with Gasteiger partial charge in [-0.3, -0.25) is 24.0 Å². The first kappa shape index (κ1) is 29.0. The summed E-state index contributed by atoms with van der Waals surface area (Å²) in [6.07, 6.45) is 2.27. The molecule has 222 valence electrons. The molecule has 4 aliphatic rings. The molecule has 0 spiro atoms. The van der Waals surface area contributed by atoms with E-state index < -0.39 is 24.2 Å². The number of ketones is 1. The molecule has 5 rings (SSSR count). The van der Waals surface area contributed by atoms with Crippen molar-refractivity contribution in [1.82, 2.24) is 25.3 Å². The van der Waals surface area contributed by atoms with Crippen LogP contribution in [0, 0.1) is 5.92 Å². The van der Waals surface area contributed by atoms with Crippen LogP contribution in [0.25, 0.3) is 0 Å². The highest BCUT2D eigenvalue weighted by Gasteiger charge is 2.53. The molecular weight excluding hydrogens is 524 g/mol. The Balaban J connectivity index is 1.27. The third kappa shape index (κ3) is 5.95. The second-order valence-corrected chi connectivity index (χ2v) is 12.1. The van der Waals surface area contributed by atoms with Crippen LogP contribution in [0.3, 0.4) is 0 Å². The zero-order chi connectivity index (χ0) is 29.3. The summed E-state index contributed by atoms with van der Waals surface area (Å²) in [5.74, 6) is -0.992. The van der Waals surface area contributed by atoms with Gasteiger partial charge in [0.1, 0.15) is 18.1 Å². The fraction of sp³-hybridized carbons (Fsp3) is 0.633. The molecule has 1 aromatic rings. The van der Waals surface area contributed by atoms with E-state index in [4.69, 9.17) is 0 Å². The lowest BCUT2D eigenvalue weighted by Crippen LogP contribution is -2.53. The van der Waals surface area contributed by atoms with Crippen LogP contribution in [0.4, 0.5) is 5.69 Å². The van der Waals surface area contributed by atoms with Gasteiger partial charge in [-0.2, -0.15) is 0 Å². The van der Waals surface area contributed by atoms with Gasteiger partial charge in [0.05, 0.1) is 12.6 Å². The molecule has 4 amide bonds. The van der Waals surface area contributed by atoms with Crippen LogP contribution in [0.1, 0.15) is 56.8 Å². The van der Waals surface area contributed by atoms with Gasteiger partial charge < -0.3 is 30.2 Å². The Morgan fingerprint density at radius 3 is 2.32 bits per heavy atom. The van der Waals surface area contributed by atoms with Crippen LogP contribution in [-0.2, 0) is 19.2 Å². The fourth-order valence-electron chi connectivity index (χ4n) is 6.83. The van der Waals surface area contributed by atoms with Gasteiger partial charge in [-0.25, -0.2) is 0 Å². The topological polar surface area (TPSA) is 122 Å². The Labute approximate surface area is 241 Å². The quantitative estimate of drug-likeness (QED) is 0.497. The summed E-state index contributed by atoms with van der Waals surface area (Å²) in [5.41, 5.74) is 1.54. The highest BCUT2D eigenvalue weighted by molar-refractivity contribution is 6.01. The Kier molecular flexibility index (Phi) is 8.63. The van der Waals surface area contributed by atoms with Crippen LogP contribution in [0.15, 0.2) is 24.3 Å². The number of anilines is 1. The second-order valence-electron chi connectivity index (χ2n) is 12.1. The normalized spacial score (nSPS) is 25.1. The van der Waals surface area contributed by atoms with E-state index >= 15 is 0 Å². The molecule has 4 fully saturated rings. The van der Waals surface area contributed by atoms with Gasteiger partial charge in [-0.05, 0) is 55.9 Å². The number of likely N-dealkylation sites (tertiary alicyclic amines) is 3.